The first-order chi connectivity index (χ1) is 15.3. The molecular formula is C25H32FN3O4. The summed E-state index contributed by atoms with van der Waals surface area (Å²) in [6, 6.07) is 5.17. The van der Waals surface area contributed by atoms with E-state index in [9.17, 15) is 14.0 Å². The van der Waals surface area contributed by atoms with Crippen molar-refractivity contribution in [2.75, 3.05) is 6.61 Å². The number of pyridine rings is 2. The van der Waals surface area contributed by atoms with Crippen LogP contribution in [0.4, 0.5) is 9.18 Å². The van der Waals surface area contributed by atoms with Crippen molar-refractivity contribution >= 4 is 27.8 Å². The number of nitrogens with one attached hydrogen (secondary N) is 1. The fraction of sp³-hybridized carbons (Fsp3) is 0.480. The first kappa shape index (κ1) is 24.5. The number of fused-ring (bicyclic) bond motifs is 3. The highest BCUT2D eigenvalue weighted by Gasteiger charge is 2.31. The Bertz CT molecular complexity index is 1250. The first-order valence-corrected chi connectivity index (χ1v) is 11.0. The van der Waals surface area contributed by atoms with E-state index in [2.05, 4.69) is 24.1 Å². The van der Waals surface area contributed by atoms with Gasteiger partial charge < -0.3 is 19.4 Å². The Balaban J connectivity index is 1.92. The lowest BCUT2D eigenvalue weighted by Crippen LogP contribution is -2.52. The quantitative estimate of drug-likeness (QED) is 0.531. The van der Waals surface area contributed by atoms with Gasteiger partial charge >= 0.3 is 6.09 Å². The Morgan fingerprint density at radius 2 is 1.88 bits per heavy atom. The first-order valence-electron chi connectivity index (χ1n) is 11.0. The van der Waals surface area contributed by atoms with Crippen molar-refractivity contribution in [3.8, 4) is 5.75 Å². The number of aryl methyl sites for hydroxylation is 1. The predicted octanol–water partition coefficient (Wildman–Crippen LogP) is 4.93. The van der Waals surface area contributed by atoms with Gasteiger partial charge in [0.05, 0.1) is 22.6 Å². The van der Waals surface area contributed by atoms with Crippen LogP contribution in [0.1, 0.15) is 48.0 Å². The van der Waals surface area contributed by atoms with E-state index in [1.165, 1.54) is 10.8 Å². The second-order valence-corrected chi connectivity index (χ2v) is 10.2. The lowest BCUT2D eigenvalue weighted by atomic mass is 9.91. The van der Waals surface area contributed by atoms with Crippen LogP contribution in [0, 0.1) is 11.7 Å². The van der Waals surface area contributed by atoms with E-state index in [0.717, 1.165) is 6.20 Å². The van der Waals surface area contributed by atoms with E-state index < -0.39 is 23.1 Å². The molecule has 0 aliphatic heterocycles. The van der Waals surface area contributed by atoms with Gasteiger partial charge in [0.1, 0.15) is 23.8 Å². The molecule has 0 bridgehead atoms. The van der Waals surface area contributed by atoms with Crippen molar-refractivity contribution in [2.45, 2.75) is 59.1 Å². The maximum Gasteiger partial charge on any atom is 0.408 e. The molecule has 8 heteroatoms. The van der Waals surface area contributed by atoms with Crippen LogP contribution >= 0.6 is 0 Å². The van der Waals surface area contributed by atoms with Crippen LogP contribution in [0.25, 0.3) is 21.7 Å². The maximum atomic E-state index is 14.5. The van der Waals surface area contributed by atoms with E-state index >= 15 is 0 Å². The highest BCUT2D eigenvalue weighted by molar-refractivity contribution is 6.05. The van der Waals surface area contributed by atoms with Crippen LogP contribution in [0.3, 0.4) is 0 Å². The van der Waals surface area contributed by atoms with Gasteiger partial charge in [-0.25, -0.2) is 9.18 Å². The second-order valence-electron chi connectivity index (χ2n) is 10.2. The number of aromatic nitrogens is 2. The number of hydrogen-bond donors (Lipinski definition) is 1. The monoisotopic (exact) mass is 457 g/mol. The molecular weight excluding hydrogens is 425 g/mol. The van der Waals surface area contributed by atoms with E-state index in [-0.39, 0.29) is 22.9 Å². The van der Waals surface area contributed by atoms with Crippen LogP contribution in [0.5, 0.6) is 5.75 Å². The molecule has 1 unspecified atom stereocenters. The average molecular weight is 458 g/mol. The SMILES string of the molecule is CC(C)CC(C)(COc1ccc2c3c(F)cncc3c(=O)n(C)c2c1)NC(=O)OC(C)(C)C. The van der Waals surface area contributed by atoms with Crippen LogP contribution in [0.15, 0.2) is 35.4 Å². The summed E-state index contributed by atoms with van der Waals surface area (Å²) in [6.45, 7) is 11.7. The van der Waals surface area contributed by atoms with Crippen molar-refractivity contribution < 1.29 is 18.7 Å². The summed E-state index contributed by atoms with van der Waals surface area (Å²) in [5.41, 5.74) is -1.09. The molecule has 0 aliphatic carbocycles. The van der Waals surface area contributed by atoms with Crippen LogP contribution < -0.4 is 15.6 Å². The summed E-state index contributed by atoms with van der Waals surface area (Å²) in [5, 5.41) is 4.00. The number of alkyl carbamates (subject to hydrolysis) is 1. The van der Waals surface area contributed by atoms with Crippen molar-refractivity contribution in [3.63, 3.8) is 0 Å². The molecule has 0 fully saturated rings. The number of hydrogen-bond acceptors (Lipinski definition) is 5. The van der Waals surface area contributed by atoms with Crippen LogP contribution in [-0.4, -0.2) is 33.4 Å². The lowest BCUT2D eigenvalue weighted by Gasteiger charge is -2.33. The molecule has 178 valence electrons. The summed E-state index contributed by atoms with van der Waals surface area (Å²) < 4.78 is 27.4. The van der Waals surface area contributed by atoms with Gasteiger partial charge in [-0.15, -0.1) is 0 Å². The Kier molecular flexibility index (Phi) is 6.68. The number of carbonyl (C=O) groups excluding carboxylic acids is 1. The van der Waals surface area contributed by atoms with E-state index in [4.69, 9.17) is 9.47 Å². The number of benzene rings is 1. The number of carbonyl (C=O) groups is 1. The van der Waals surface area contributed by atoms with E-state index in [0.29, 0.717) is 29.0 Å². The molecule has 2 aromatic heterocycles. The summed E-state index contributed by atoms with van der Waals surface area (Å²) in [5.74, 6) is 0.260. The third kappa shape index (κ3) is 5.61. The van der Waals surface area contributed by atoms with Gasteiger partial charge in [-0.1, -0.05) is 13.8 Å². The molecule has 7 nitrogen and oxygen atoms in total. The number of rotatable bonds is 6. The normalized spacial score (nSPS) is 13.8. The topological polar surface area (TPSA) is 82.5 Å². The van der Waals surface area contributed by atoms with E-state index in [1.54, 1.807) is 25.2 Å². The predicted molar refractivity (Wildman–Crippen MR) is 127 cm³/mol. The molecule has 0 saturated carbocycles. The Morgan fingerprint density at radius 1 is 1.18 bits per heavy atom. The van der Waals surface area contributed by atoms with Gasteiger partial charge in [-0.3, -0.25) is 9.78 Å². The van der Waals surface area contributed by atoms with Crippen LogP contribution in [-0.2, 0) is 11.8 Å². The maximum absolute atomic E-state index is 14.5. The van der Waals surface area contributed by atoms with Gasteiger partial charge in [0, 0.05) is 30.1 Å². The zero-order chi connectivity index (χ0) is 24.6. The second kappa shape index (κ2) is 9.00. The standard InChI is InChI=1S/C25H32FN3O4/c1-15(2)11-25(6,28-23(31)33-24(3,4)5)14-32-16-8-9-17-20(10-16)29(7)22(30)18-12-27-13-19(26)21(17)18/h8-10,12-13,15H,11,14H2,1-7H3,(H,28,31). The fourth-order valence-electron chi connectivity index (χ4n) is 4.09. The molecule has 0 aliphatic rings. The molecule has 1 amide bonds. The third-order valence-corrected chi connectivity index (χ3v) is 5.25. The zero-order valence-electron chi connectivity index (χ0n) is 20.3. The highest BCUT2D eigenvalue weighted by Crippen LogP contribution is 2.28. The molecule has 1 aromatic carbocycles. The molecule has 3 rings (SSSR count). The van der Waals surface area contributed by atoms with E-state index in [1.807, 2.05) is 27.7 Å². The smallest absolute Gasteiger partial charge is 0.408 e. The van der Waals surface area contributed by atoms with Gasteiger partial charge in [-0.2, -0.15) is 0 Å². The molecule has 0 radical (unpaired) electrons. The number of halogens is 1. The van der Waals surface area contributed by atoms with Gasteiger partial charge in [0.25, 0.3) is 5.56 Å². The molecule has 33 heavy (non-hydrogen) atoms. The molecule has 1 N–H and O–H groups in total. The molecule has 0 saturated heterocycles. The molecule has 1 atom stereocenters. The lowest BCUT2D eigenvalue weighted by molar-refractivity contribution is 0.0408. The summed E-state index contributed by atoms with van der Waals surface area (Å²) in [4.78, 5) is 29.0. The highest BCUT2D eigenvalue weighted by atomic mass is 19.1. The van der Waals surface area contributed by atoms with Gasteiger partial charge in [0.2, 0.25) is 0 Å². The largest absolute Gasteiger partial charge is 0.491 e. The summed E-state index contributed by atoms with van der Waals surface area (Å²) >= 11 is 0. The van der Waals surface area contributed by atoms with Crippen molar-refractivity contribution in [3.05, 3.63) is 46.8 Å². The molecule has 2 heterocycles. The minimum absolute atomic E-state index is 0.190. The zero-order valence-corrected chi connectivity index (χ0v) is 20.3. The number of ether oxygens (including phenoxy) is 2. The van der Waals surface area contributed by atoms with Crippen molar-refractivity contribution in [1.29, 1.82) is 0 Å². The van der Waals surface area contributed by atoms with Crippen molar-refractivity contribution in [2.24, 2.45) is 13.0 Å². The Hall–Kier alpha value is -3.16. The summed E-state index contributed by atoms with van der Waals surface area (Å²) in [6.07, 6.45) is 2.64. The van der Waals surface area contributed by atoms with Gasteiger partial charge in [0.15, 0.2) is 0 Å². The fourth-order valence-corrected chi connectivity index (χ4v) is 4.09. The average Bonchev–Trinajstić information content (AvgIpc) is 2.68. The minimum atomic E-state index is -0.682. The third-order valence-electron chi connectivity index (χ3n) is 5.25. The van der Waals surface area contributed by atoms with Gasteiger partial charge in [-0.05, 0) is 52.2 Å². The molecule has 0 spiro atoms. The minimum Gasteiger partial charge on any atom is -0.491 e. The number of amides is 1. The molecule has 3 aromatic rings. The Morgan fingerprint density at radius 3 is 2.52 bits per heavy atom. The number of nitrogens with zero attached hydrogens (tertiary/aromatic N) is 2. The Labute approximate surface area is 192 Å². The van der Waals surface area contributed by atoms with Crippen molar-refractivity contribution in [1.82, 2.24) is 14.9 Å². The van der Waals surface area contributed by atoms with Crippen LogP contribution in [0.2, 0.25) is 0 Å². The summed E-state index contributed by atoms with van der Waals surface area (Å²) in [7, 11) is 1.63.